The largest absolute Gasteiger partial charge is 0.489 e. The number of piperidine rings is 1. The van der Waals surface area contributed by atoms with Gasteiger partial charge in [-0.05, 0) is 72.2 Å². The number of rotatable bonds is 13. The first kappa shape index (κ1) is 29.6. The second-order valence-electron chi connectivity index (χ2n) is 11.5. The van der Waals surface area contributed by atoms with Crippen LogP contribution in [0.1, 0.15) is 71.6 Å². The molecule has 4 nitrogen and oxygen atoms in total. The summed E-state index contributed by atoms with van der Waals surface area (Å²) in [5, 5.41) is 0. The molecule has 1 aliphatic heterocycles. The Hall–Kier alpha value is -3.89. The third-order valence-electron chi connectivity index (χ3n) is 8.30. The number of likely N-dealkylation sites (tertiary alicyclic amines) is 1. The van der Waals surface area contributed by atoms with Crippen LogP contribution in [0.5, 0.6) is 5.75 Å². The Morgan fingerprint density at radius 3 is 2.00 bits per heavy atom. The van der Waals surface area contributed by atoms with Gasteiger partial charge >= 0.3 is 0 Å². The molecular weight excluding hydrogens is 516 g/mol. The number of hydrogen-bond acceptors (Lipinski definition) is 3. The fourth-order valence-corrected chi connectivity index (χ4v) is 5.79. The average Bonchev–Trinajstić information content (AvgIpc) is 3.05. The monoisotopic (exact) mass is 560 g/mol. The van der Waals surface area contributed by atoms with Crippen LogP contribution in [0.3, 0.4) is 0 Å². The van der Waals surface area contributed by atoms with Crippen molar-refractivity contribution >= 4 is 5.91 Å². The van der Waals surface area contributed by atoms with Gasteiger partial charge in [-0.25, -0.2) is 0 Å². The van der Waals surface area contributed by atoms with Gasteiger partial charge in [-0.3, -0.25) is 9.69 Å². The van der Waals surface area contributed by atoms with Gasteiger partial charge in [-0.2, -0.15) is 0 Å². The summed E-state index contributed by atoms with van der Waals surface area (Å²) < 4.78 is 6.01. The van der Waals surface area contributed by atoms with Gasteiger partial charge in [0.2, 0.25) is 0 Å². The lowest BCUT2D eigenvalue weighted by Gasteiger charge is -2.39. The van der Waals surface area contributed by atoms with Crippen LogP contribution in [-0.2, 0) is 26.1 Å². The molecule has 1 saturated heterocycles. The van der Waals surface area contributed by atoms with Crippen molar-refractivity contribution in [3.8, 4) is 5.75 Å². The van der Waals surface area contributed by atoms with Crippen LogP contribution in [0.4, 0.5) is 0 Å². The van der Waals surface area contributed by atoms with Crippen molar-refractivity contribution in [3.05, 3.63) is 137 Å². The fraction of sp³-hybridized carbons (Fsp3) is 0.342. The Labute approximate surface area is 252 Å². The van der Waals surface area contributed by atoms with Gasteiger partial charge in [0.1, 0.15) is 12.4 Å². The van der Waals surface area contributed by atoms with Crippen LogP contribution in [0.15, 0.2) is 109 Å². The van der Waals surface area contributed by atoms with Crippen molar-refractivity contribution in [2.45, 2.75) is 71.2 Å². The van der Waals surface area contributed by atoms with E-state index < -0.39 is 0 Å². The summed E-state index contributed by atoms with van der Waals surface area (Å²) in [7, 11) is 0. The van der Waals surface area contributed by atoms with Gasteiger partial charge in [0.15, 0.2) is 0 Å². The zero-order chi connectivity index (χ0) is 29.0. The van der Waals surface area contributed by atoms with Crippen LogP contribution in [0, 0.1) is 0 Å². The molecule has 0 saturated carbocycles. The molecule has 0 bridgehead atoms. The van der Waals surface area contributed by atoms with Crippen molar-refractivity contribution in [1.29, 1.82) is 0 Å². The van der Waals surface area contributed by atoms with Gasteiger partial charge in [0.05, 0.1) is 0 Å². The normalized spacial score (nSPS) is 14.0. The van der Waals surface area contributed by atoms with E-state index >= 15 is 0 Å². The first-order valence-corrected chi connectivity index (χ1v) is 15.6. The highest BCUT2D eigenvalue weighted by Crippen LogP contribution is 2.24. The number of aryl methyl sites for hydroxylation is 1. The van der Waals surface area contributed by atoms with E-state index in [1.807, 2.05) is 42.5 Å². The predicted molar refractivity (Wildman–Crippen MR) is 172 cm³/mol. The topological polar surface area (TPSA) is 32.8 Å². The molecule has 1 aliphatic rings. The van der Waals surface area contributed by atoms with E-state index in [0.717, 1.165) is 61.3 Å². The molecule has 0 unspecified atom stereocenters. The smallest absolute Gasteiger partial charge is 0.254 e. The Morgan fingerprint density at radius 1 is 0.738 bits per heavy atom. The molecule has 1 heterocycles. The lowest BCUT2D eigenvalue weighted by molar-refractivity contribution is 0.0543. The summed E-state index contributed by atoms with van der Waals surface area (Å²) in [5.41, 5.74) is 5.71. The van der Waals surface area contributed by atoms with E-state index in [4.69, 9.17) is 4.74 Å². The third-order valence-corrected chi connectivity index (χ3v) is 8.30. The van der Waals surface area contributed by atoms with Crippen molar-refractivity contribution in [2.24, 2.45) is 0 Å². The highest BCUT2D eigenvalue weighted by atomic mass is 16.5. The maximum atomic E-state index is 14.0. The van der Waals surface area contributed by atoms with Crippen LogP contribution in [0.25, 0.3) is 0 Å². The number of nitrogens with zero attached hydrogens (tertiary/aromatic N) is 2. The van der Waals surface area contributed by atoms with E-state index in [0.29, 0.717) is 13.2 Å². The molecule has 0 aliphatic carbocycles. The summed E-state index contributed by atoms with van der Waals surface area (Å²) >= 11 is 0. The third kappa shape index (κ3) is 8.56. The number of carbonyl (C=O) groups is 1. The van der Waals surface area contributed by atoms with Crippen molar-refractivity contribution in [3.63, 3.8) is 0 Å². The first-order valence-electron chi connectivity index (χ1n) is 15.6. The molecule has 1 amide bonds. The van der Waals surface area contributed by atoms with Crippen LogP contribution < -0.4 is 4.74 Å². The lowest BCUT2D eigenvalue weighted by Crippen LogP contribution is -2.46. The maximum Gasteiger partial charge on any atom is 0.254 e. The number of benzene rings is 4. The number of carbonyl (C=O) groups excluding carboxylic acids is 1. The molecule has 4 aromatic rings. The van der Waals surface area contributed by atoms with E-state index in [-0.39, 0.29) is 11.9 Å². The number of amides is 1. The first-order chi connectivity index (χ1) is 20.7. The van der Waals surface area contributed by atoms with Crippen LogP contribution >= 0.6 is 0 Å². The Bertz CT molecular complexity index is 1350. The minimum atomic E-state index is 0.126. The lowest BCUT2D eigenvalue weighted by atomic mass is 9.99. The molecular formula is C38H44N2O2. The van der Waals surface area contributed by atoms with Gasteiger partial charge in [0, 0.05) is 37.8 Å². The van der Waals surface area contributed by atoms with Gasteiger partial charge in [-0.15, -0.1) is 0 Å². The zero-order valence-corrected chi connectivity index (χ0v) is 25.0. The number of unbranched alkanes of at least 4 members (excludes halogenated alkanes) is 2. The summed E-state index contributed by atoms with van der Waals surface area (Å²) in [6, 6.07) is 37.7. The molecule has 4 heteroatoms. The van der Waals surface area contributed by atoms with Gasteiger partial charge in [0.25, 0.3) is 5.91 Å². The molecule has 42 heavy (non-hydrogen) atoms. The van der Waals surface area contributed by atoms with E-state index in [1.165, 1.54) is 30.4 Å². The summed E-state index contributed by atoms with van der Waals surface area (Å²) in [5.74, 6) is 0.967. The van der Waals surface area contributed by atoms with E-state index in [2.05, 4.69) is 83.5 Å². The molecule has 0 aromatic heterocycles. The highest BCUT2D eigenvalue weighted by Gasteiger charge is 2.29. The van der Waals surface area contributed by atoms with E-state index in [9.17, 15) is 4.79 Å². The molecule has 5 rings (SSSR count). The molecule has 0 radical (unpaired) electrons. The van der Waals surface area contributed by atoms with Crippen LogP contribution in [-0.4, -0.2) is 34.8 Å². The zero-order valence-electron chi connectivity index (χ0n) is 25.0. The Morgan fingerprint density at radius 2 is 1.36 bits per heavy atom. The van der Waals surface area contributed by atoms with E-state index in [1.54, 1.807) is 0 Å². The maximum absolute atomic E-state index is 14.0. The second kappa shape index (κ2) is 15.4. The number of hydrogen-bond donors (Lipinski definition) is 0. The summed E-state index contributed by atoms with van der Waals surface area (Å²) in [6.45, 7) is 6.32. The summed E-state index contributed by atoms with van der Waals surface area (Å²) in [4.78, 5) is 18.6. The SMILES string of the molecule is CCCCCc1ccc(C(=O)N(Cc2ccc(OCc3ccccc3)cc2)C2CCN(Cc3ccccc3)CC2)cc1. The minimum absolute atomic E-state index is 0.126. The van der Waals surface area contributed by atoms with Gasteiger partial charge in [-0.1, -0.05) is 105 Å². The fourth-order valence-electron chi connectivity index (χ4n) is 5.79. The average molecular weight is 561 g/mol. The molecule has 0 N–H and O–H groups in total. The second-order valence-corrected chi connectivity index (χ2v) is 11.5. The molecule has 4 aromatic carbocycles. The van der Waals surface area contributed by atoms with Crippen molar-refractivity contribution in [1.82, 2.24) is 9.80 Å². The Balaban J connectivity index is 1.26. The minimum Gasteiger partial charge on any atom is -0.489 e. The number of ether oxygens (including phenoxy) is 1. The van der Waals surface area contributed by atoms with Gasteiger partial charge < -0.3 is 9.64 Å². The summed E-state index contributed by atoms with van der Waals surface area (Å²) in [6.07, 6.45) is 6.69. The highest BCUT2D eigenvalue weighted by molar-refractivity contribution is 5.94. The van der Waals surface area contributed by atoms with Crippen LogP contribution in [0.2, 0.25) is 0 Å². The predicted octanol–water partition coefficient (Wildman–Crippen LogP) is 8.31. The molecule has 1 fully saturated rings. The molecule has 218 valence electrons. The molecule has 0 atom stereocenters. The Kier molecular flexibility index (Phi) is 10.8. The quantitative estimate of drug-likeness (QED) is 0.154. The van der Waals surface area contributed by atoms with Crippen molar-refractivity contribution in [2.75, 3.05) is 13.1 Å². The molecule has 0 spiro atoms. The van der Waals surface area contributed by atoms with Crippen molar-refractivity contribution < 1.29 is 9.53 Å². The standard InChI is InChI=1S/C38H44N2O2/c1-2-3-6-11-31-16-20-35(21-17-31)38(41)40(36-24-26-39(27-25-36)28-32-12-7-4-8-13-32)29-33-18-22-37(23-19-33)42-30-34-14-9-5-10-15-34/h4-5,7-10,12-23,36H,2-3,6,11,24-30H2,1H3.